The SMILES string of the molecule is Cc1nn(C)c(Cl)c1CN1CCCN(C)CC1. The quantitative estimate of drug-likeness (QED) is 0.802. The number of hydrogen-bond donors (Lipinski definition) is 0. The minimum atomic E-state index is 0.778. The highest BCUT2D eigenvalue weighted by atomic mass is 35.5. The van der Waals surface area contributed by atoms with Gasteiger partial charge in [-0.05, 0) is 33.5 Å². The third-order valence-electron chi connectivity index (χ3n) is 3.46. The van der Waals surface area contributed by atoms with Crippen molar-refractivity contribution in [2.75, 3.05) is 33.2 Å². The Morgan fingerprint density at radius 3 is 2.59 bits per heavy atom. The molecule has 0 saturated carbocycles. The van der Waals surface area contributed by atoms with E-state index in [1.807, 2.05) is 14.0 Å². The molecular weight excluding hydrogens is 236 g/mol. The Labute approximate surface area is 108 Å². The molecule has 2 heterocycles. The Kier molecular flexibility index (Phi) is 4.07. The van der Waals surface area contributed by atoms with Gasteiger partial charge in [-0.1, -0.05) is 11.6 Å². The molecule has 1 aliphatic rings. The summed E-state index contributed by atoms with van der Waals surface area (Å²) in [6.45, 7) is 7.54. The summed E-state index contributed by atoms with van der Waals surface area (Å²) in [5.74, 6) is 0. The van der Waals surface area contributed by atoms with Crippen molar-refractivity contribution in [1.29, 1.82) is 0 Å². The van der Waals surface area contributed by atoms with Gasteiger partial charge in [-0.15, -0.1) is 0 Å². The lowest BCUT2D eigenvalue weighted by Crippen LogP contribution is -2.28. The first-order valence-electron chi connectivity index (χ1n) is 6.17. The fourth-order valence-corrected chi connectivity index (χ4v) is 2.57. The van der Waals surface area contributed by atoms with E-state index in [2.05, 4.69) is 21.9 Å². The van der Waals surface area contributed by atoms with Gasteiger partial charge in [-0.2, -0.15) is 5.10 Å². The number of hydrogen-bond acceptors (Lipinski definition) is 3. The van der Waals surface area contributed by atoms with Crippen molar-refractivity contribution in [3.63, 3.8) is 0 Å². The maximum atomic E-state index is 6.27. The highest BCUT2D eigenvalue weighted by Gasteiger charge is 2.17. The predicted molar refractivity (Wildman–Crippen MR) is 70.3 cm³/mol. The third kappa shape index (κ3) is 3.00. The highest BCUT2D eigenvalue weighted by Crippen LogP contribution is 2.21. The number of aromatic nitrogens is 2. The molecule has 0 N–H and O–H groups in total. The van der Waals surface area contributed by atoms with Gasteiger partial charge in [0.05, 0.1) is 5.69 Å². The van der Waals surface area contributed by atoms with Crippen LogP contribution in [0.3, 0.4) is 0 Å². The van der Waals surface area contributed by atoms with Gasteiger partial charge in [0.1, 0.15) is 5.15 Å². The smallest absolute Gasteiger partial charge is 0.131 e. The van der Waals surface area contributed by atoms with Gasteiger partial charge in [0.2, 0.25) is 0 Å². The van der Waals surface area contributed by atoms with Crippen molar-refractivity contribution in [3.05, 3.63) is 16.4 Å². The zero-order valence-electron chi connectivity index (χ0n) is 10.9. The van der Waals surface area contributed by atoms with Gasteiger partial charge in [0.15, 0.2) is 0 Å². The molecule has 0 unspecified atom stereocenters. The second kappa shape index (κ2) is 5.38. The summed E-state index contributed by atoms with van der Waals surface area (Å²) in [4.78, 5) is 4.86. The molecule has 0 amide bonds. The second-order valence-corrected chi connectivity index (χ2v) is 5.27. The van der Waals surface area contributed by atoms with Crippen LogP contribution < -0.4 is 0 Å². The van der Waals surface area contributed by atoms with Gasteiger partial charge < -0.3 is 4.90 Å². The maximum Gasteiger partial charge on any atom is 0.131 e. The van der Waals surface area contributed by atoms with E-state index in [1.54, 1.807) is 4.68 Å². The average Bonchev–Trinajstić information content (AvgIpc) is 2.46. The highest BCUT2D eigenvalue weighted by molar-refractivity contribution is 6.30. The number of nitrogens with zero attached hydrogens (tertiary/aromatic N) is 4. The Balaban J connectivity index is 2.04. The van der Waals surface area contributed by atoms with E-state index in [0.717, 1.165) is 37.0 Å². The molecule has 0 aliphatic carbocycles. The first-order chi connectivity index (χ1) is 8.08. The molecule has 0 bridgehead atoms. The number of rotatable bonds is 2. The predicted octanol–water partition coefficient (Wildman–Crippen LogP) is 1.52. The van der Waals surface area contributed by atoms with Crippen LogP contribution in [0.1, 0.15) is 17.7 Å². The molecule has 17 heavy (non-hydrogen) atoms. The van der Waals surface area contributed by atoms with Crippen LogP contribution in [0.5, 0.6) is 0 Å². The average molecular weight is 257 g/mol. The summed E-state index contributed by atoms with van der Waals surface area (Å²) >= 11 is 6.27. The molecule has 1 fully saturated rings. The summed E-state index contributed by atoms with van der Waals surface area (Å²) in [6.07, 6.45) is 1.23. The van der Waals surface area contributed by atoms with Crippen LogP contribution in [-0.2, 0) is 13.6 Å². The lowest BCUT2D eigenvalue weighted by Gasteiger charge is -2.19. The Bertz CT molecular complexity index is 388. The van der Waals surface area contributed by atoms with Crippen molar-refractivity contribution in [2.45, 2.75) is 19.9 Å². The summed E-state index contributed by atoms with van der Waals surface area (Å²) in [5, 5.41) is 5.14. The van der Waals surface area contributed by atoms with Crippen LogP contribution in [0.25, 0.3) is 0 Å². The van der Waals surface area contributed by atoms with Crippen LogP contribution >= 0.6 is 11.6 Å². The molecule has 0 radical (unpaired) electrons. The molecule has 0 atom stereocenters. The maximum absolute atomic E-state index is 6.27. The minimum Gasteiger partial charge on any atom is -0.305 e. The van der Waals surface area contributed by atoms with Crippen molar-refractivity contribution in [2.24, 2.45) is 7.05 Å². The molecule has 4 nitrogen and oxygen atoms in total. The summed E-state index contributed by atoms with van der Waals surface area (Å²) in [6, 6.07) is 0. The summed E-state index contributed by atoms with van der Waals surface area (Å²) in [7, 11) is 4.08. The fraction of sp³-hybridized carbons (Fsp3) is 0.750. The first-order valence-corrected chi connectivity index (χ1v) is 6.54. The molecular formula is C12H21ClN4. The zero-order valence-corrected chi connectivity index (χ0v) is 11.7. The largest absolute Gasteiger partial charge is 0.305 e. The van der Waals surface area contributed by atoms with E-state index in [0.29, 0.717) is 0 Å². The van der Waals surface area contributed by atoms with Crippen LogP contribution in [0, 0.1) is 6.92 Å². The molecule has 2 rings (SSSR count). The van der Waals surface area contributed by atoms with Gasteiger partial charge >= 0.3 is 0 Å². The molecule has 0 spiro atoms. The number of aryl methyl sites for hydroxylation is 2. The third-order valence-corrected chi connectivity index (χ3v) is 3.94. The molecule has 1 aliphatic heterocycles. The molecule has 1 saturated heterocycles. The minimum absolute atomic E-state index is 0.778. The second-order valence-electron chi connectivity index (χ2n) is 4.91. The Hall–Kier alpha value is -0.580. The molecule has 96 valence electrons. The van der Waals surface area contributed by atoms with Crippen LogP contribution in [0.4, 0.5) is 0 Å². The van der Waals surface area contributed by atoms with E-state index in [4.69, 9.17) is 11.6 Å². The lowest BCUT2D eigenvalue weighted by atomic mass is 10.2. The number of likely N-dealkylation sites (N-methyl/N-ethyl adjacent to an activating group) is 1. The molecule has 0 aromatic carbocycles. The van der Waals surface area contributed by atoms with Crippen molar-refractivity contribution < 1.29 is 0 Å². The van der Waals surface area contributed by atoms with Crippen molar-refractivity contribution in [1.82, 2.24) is 19.6 Å². The van der Waals surface area contributed by atoms with Crippen molar-refractivity contribution in [3.8, 4) is 0 Å². The molecule has 5 heteroatoms. The van der Waals surface area contributed by atoms with Gasteiger partial charge in [-0.3, -0.25) is 9.58 Å². The monoisotopic (exact) mass is 256 g/mol. The Morgan fingerprint density at radius 1 is 1.18 bits per heavy atom. The molecule has 1 aromatic rings. The topological polar surface area (TPSA) is 24.3 Å². The molecule has 1 aromatic heterocycles. The van der Waals surface area contributed by atoms with E-state index < -0.39 is 0 Å². The van der Waals surface area contributed by atoms with Crippen LogP contribution in [0.15, 0.2) is 0 Å². The Morgan fingerprint density at radius 2 is 1.94 bits per heavy atom. The first kappa shape index (κ1) is 12.9. The van der Waals surface area contributed by atoms with Gasteiger partial charge in [0.25, 0.3) is 0 Å². The normalized spacial score (nSPS) is 19.5. The van der Waals surface area contributed by atoms with E-state index in [9.17, 15) is 0 Å². The van der Waals surface area contributed by atoms with Gasteiger partial charge in [0, 0.05) is 32.2 Å². The van der Waals surface area contributed by atoms with Crippen LogP contribution in [0.2, 0.25) is 5.15 Å². The summed E-state index contributed by atoms with van der Waals surface area (Å²) < 4.78 is 1.76. The van der Waals surface area contributed by atoms with E-state index in [1.165, 1.54) is 18.5 Å². The zero-order chi connectivity index (χ0) is 12.4. The van der Waals surface area contributed by atoms with E-state index >= 15 is 0 Å². The number of halogens is 1. The lowest BCUT2D eigenvalue weighted by molar-refractivity contribution is 0.269. The van der Waals surface area contributed by atoms with Crippen molar-refractivity contribution >= 4 is 11.6 Å². The summed E-state index contributed by atoms with van der Waals surface area (Å²) in [5.41, 5.74) is 2.23. The fourth-order valence-electron chi connectivity index (χ4n) is 2.34. The van der Waals surface area contributed by atoms with E-state index in [-0.39, 0.29) is 0 Å². The van der Waals surface area contributed by atoms with Gasteiger partial charge in [-0.25, -0.2) is 0 Å². The van der Waals surface area contributed by atoms with Crippen LogP contribution in [-0.4, -0.2) is 52.8 Å². The standard InChI is InChI=1S/C12H21ClN4/c1-10-11(12(13)16(3)14-10)9-17-6-4-5-15(2)7-8-17/h4-9H2,1-3H3.